The minimum absolute atomic E-state index is 0.114. The van der Waals surface area contributed by atoms with Crippen LogP contribution in [-0.2, 0) is 42.7 Å². The van der Waals surface area contributed by atoms with Gasteiger partial charge in [0, 0.05) is 0 Å². The summed E-state index contributed by atoms with van der Waals surface area (Å²) in [5, 5.41) is 0. The molecule has 0 atom stereocenters. The van der Waals surface area contributed by atoms with Crippen LogP contribution in [0.25, 0.3) is 0 Å². The van der Waals surface area contributed by atoms with Crippen molar-refractivity contribution < 1.29 is 47.1 Å². The largest absolute Gasteiger partial charge is 0.466 e. The van der Waals surface area contributed by atoms with Gasteiger partial charge in [-0.05, 0) is 6.92 Å². The lowest BCUT2D eigenvalue weighted by atomic mass is 10.5. The number of rotatable bonds is 24. The van der Waals surface area contributed by atoms with E-state index in [2.05, 4.69) is 0 Å². The zero-order valence-corrected chi connectivity index (χ0v) is 17.6. The van der Waals surface area contributed by atoms with Crippen molar-refractivity contribution in [2.45, 2.75) is 13.3 Å². The molecule has 0 bridgehead atoms. The van der Waals surface area contributed by atoms with Crippen molar-refractivity contribution in [3.05, 3.63) is 0 Å². The topological polar surface area (TPSA) is 90.9 Å². The normalized spacial score (nSPS) is 11.1. The number of esters is 1. The zero-order valence-electron chi connectivity index (χ0n) is 17.6. The van der Waals surface area contributed by atoms with Crippen molar-refractivity contribution in [3.63, 3.8) is 0 Å². The molecule has 0 N–H and O–H groups in total. The molecule has 0 saturated carbocycles. The summed E-state index contributed by atoms with van der Waals surface area (Å²) < 4.78 is 53.4. The molecule has 29 heavy (non-hydrogen) atoms. The van der Waals surface area contributed by atoms with Crippen LogP contribution in [-0.4, -0.2) is 112 Å². The van der Waals surface area contributed by atoms with E-state index in [1.54, 1.807) is 6.92 Å². The quantitative estimate of drug-likeness (QED) is 0.165. The molecule has 0 radical (unpaired) electrons. The molecule has 0 aromatic heterocycles. The van der Waals surface area contributed by atoms with Gasteiger partial charge in [0.2, 0.25) is 0 Å². The number of ether oxygens (including phenoxy) is 8. The van der Waals surface area contributed by atoms with Gasteiger partial charge in [-0.2, -0.15) is 0 Å². The highest BCUT2D eigenvalue weighted by atomic mass is 19.1. The lowest BCUT2D eigenvalue weighted by Gasteiger charge is -2.08. The van der Waals surface area contributed by atoms with E-state index >= 15 is 0 Å². The smallest absolute Gasteiger partial charge is 0.308 e. The van der Waals surface area contributed by atoms with Gasteiger partial charge in [-0.15, -0.1) is 0 Å². The van der Waals surface area contributed by atoms with E-state index in [1.807, 2.05) is 0 Å². The van der Waals surface area contributed by atoms with E-state index in [1.165, 1.54) is 0 Å². The first kappa shape index (κ1) is 28.1. The second kappa shape index (κ2) is 25.2. The molecule has 0 aromatic rings. The summed E-state index contributed by atoms with van der Waals surface area (Å²) in [6.45, 7) is 7.70. The molecular formula is C19H37FO9. The van der Waals surface area contributed by atoms with Crippen LogP contribution in [0.1, 0.15) is 13.3 Å². The first-order chi connectivity index (χ1) is 14.3. The number of carbonyl (C=O) groups excluding carboxylic acids is 1. The van der Waals surface area contributed by atoms with Crippen LogP contribution in [0.5, 0.6) is 0 Å². The first-order valence-corrected chi connectivity index (χ1v) is 10.1. The number of hydrogen-bond acceptors (Lipinski definition) is 9. The van der Waals surface area contributed by atoms with Gasteiger partial charge < -0.3 is 37.9 Å². The molecule has 0 fully saturated rings. The van der Waals surface area contributed by atoms with Gasteiger partial charge in [0.25, 0.3) is 0 Å². The van der Waals surface area contributed by atoms with E-state index < -0.39 is 6.67 Å². The van der Waals surface area contributed by atoms with Crippen molar-refractivity contribution in [2.24, 2.45) is 0 Å². The van der Waals surface area contributed by atoms with Gasteiger partial charge in [0.05, 0.1) is 106 Å². The van der Waals surface area contributed by atoms with Gasteiger partial charge in [-0.25, -0.2) is 4.39 Å². The Balaban J connectivity index is 3.02. The van der Waals surface area contributed by atoms with Crippen molar-refractivity contribution >= 4 is 5.97 Å². The van der Waals surface area contributed by atoms with Crippen LogP contribution in [0.15, 0.2) is 0 Å². The molecule has 0 aliphatic heterocycles. The number of halogens is 1. The summed E-state index contributed by atoms with van der Waals surface area (Å²) in [7, 11) is 0. The Bertz CT molecular complexity index is 335. The van der Waals surface area contributed by atoms with Crippen LogP contribution in [0.4, 0.5) is 4.39 Å². The van der Waals surface area contributed by atoms with Gasteiger partial charge in [0.15, 0.2) is 0 Å². The van der Waals surface area contributed by atoms with Gasteiger partial charge >= 0.3 is 5.97 Å². The van der Waals surface area contributed by atoms with E-state index in [0.29, 0.717) is 92.5 Å². The molecule has 174 valence electrons. The highest BCUT2D eigenvalue weighted by Crippen LogP contribution is 1.89. The fourth-order valence-corrected chi connectivity index (χ4v) is 1.86. The third-order valence-electron chi connectivity index (χ3n) is 3.21. The average Bonchev–Trinajstić information content (AvgIpc) is 2.72. The molecule has 10 heteroatoms. The van der Waals surface area contributed by atoms with E-state index in [-0.39, 0.29) is 19.0 Å². The van der Waals surface area contributed by atoms with E-state index in [4.69, 9.17) is 37.9 Å². The fraction of sp³-hybridized carbons (Fsp3) is 0.947. The van der Waals surface area contributed by atoms with Crippen LogP contribution in [0.2, 0.25) is 0 Å². The standard InChI is InChI=1S/C19H37FO9/c1-2-29-19(21)3-5-22-7-9-24-11-13-26-15-17-28-18-16-27-14-12-25-10-8-23-6-4-20/h2-18H2,1H3. The maximum Gasteiger partial charge on any atom is 0.308 e. The number of carbonyl (C=O) groups is 1. The SMILES string of the molecule is CCOC(=O)CCOCCOCCOCCOCCOCCOCCOCCF. The molecule has 0 spiro atoms. The average molecular weight is 428 g/mol. The summed E-state index contributed by atoms with van der Waals surface area (Å²) >= 11 is 0. The Kier molecular flexibility index (Phi) is 24.4. The Hall–Kier alpha value is -0.880. The summed E-state index contributed by atoms with van der Waals surface area (Å²) in [5.74, 6) is -0.252. The number of hydrogen-bond donors (Lipinski definition) is 0. The Morgan fingerprint density at radius 3 is 1.17 bits per heavy atom. The van der Waals surface area contributed by atoms with Crippen LogP contribution >= 0.6 is 0 Å². The minimum Gasteiger partial charge on any atom is -0.466 e. The molecule has 0 aliphatic rings. The second-order valence-corrected chi connectivity index (χ2v) is 5.53. The summed E-state index contributed by atoms with van der Waals surface area (Å²) in [4.78, 5) is 11.1. The highest BCUT2D eigenvalue weighted by molar-refractivity contribution is 5.69. The molecule has 0 aromatic carbocycles. The lowest BCUT2D eigenvalue weighted by molar-refractivity contribution is -0.144. The maximum absolute atomic E-state index is 11.7. The molecular weight excluding hydrogens is 391 g/mol. The van der Waals surface area contributed by atoms with Crippen LogP contribution in [0.3, 0.4) is 0 Å². The third kappa shape index (κ3) is 25.1. The predicted octanol–water partition coefficient (Wildman–Crippen LogP) is 1.03. The summed E-state index contributed by atoms with van der Waals surface area (Å²) in [6, 6.07) is 0. The molecule has 9 nitrogen and oxygen atoms in total. The van der Waals surface area contributed by atoms with E-state index in [9.17, 15) is 9.18 Å². The fourth-order valence-electron chi connectivity index (χ4n) is 1.86. The molecule has 0 unspecified atom stereocenters. The molecule has 0 heterocycles. The maximum atomic E-state index is 11.7. The van der Waals surface area contributed by atoms with Gasteiger partial charge in [-0.3, -0.25) is 4.79 Å². The molecule has 0 aliphatic carbocycles. The van der Waals surface area contributed by atoms with Gasteiger partial charge in [-0.1, -0.05) is 0 Å². The van der Waals surface area contributed by atoms with E-state index in [0.717, 1.165) is 0 Å². The third-order valence-corrected chi connectivity index (χ3v) is 3.21. The van der Waals surface area contributed by atoms with Crippen molar-refractivity contribution in [1.29, 1.82) is 0 Å². The molecule has 0 saturated heterocycles. The minimum atomic E-state index is -0.474. The van der Waals surface area contributed by atoms with Crippen molar-refractivity contribution in [1.82, 2.24) is 0 Å². The predicted molar refractivity (Wildman–Crippen MR) is 103 cm³/mol. The highest BCUT2D eigenvalue weighted by Gasteiger charge is 2.00. The zero-order chi connectivity index (χ0) is 21.3. The first-order valence-electron chi connectivity index (χ1n) is 10.1. The molecule has 0 rings (SSSR count). The monoisotopic (exact) mass is 428 g/mol. The summed E-state index contributed by atoms with van der Waals surface area (Å²) in [6.07, 6.45) is 0.258. The second-order valence-electron chi connectivity index (χ2n) is 5.53. The number of alkyl halides is 1. The summed E-state index contributed by atoms with van der Waals surface area (Å²) in [5.41, 5.74) is 0. The van der Waals surface area contributed by atoms with Crippen molar-refractivity contribution in [2.75, 3.05) is 106 Å². The molecule has 0 amide bonds. The lowest BCUT2D eigenvalue weighted by Crippen LogP contribution is -2.15. The Morgan fingerprint density at radius 1 is 0.552 bits per heavy atom. The van der Waals surface area contributed by atoms with Crippen LogP contribution in [0, 0.1) is 0 Å². The van der Waals surface area contributed by atoms with Crippen LogP contribution < -0.4 is 0 Å². The Labute approximate surface area is 173 Å². The van der Waals surface area contributed by atoms with Gasteiger partial charge in [0.1, 0.15) is 6.67 Å². The Morgan fingerprint density at radius 2 is 0.862 bits per heavy atom. The van der Waals surface area contributed by atoms with Crippen molar-refractivity contribution in [3.8, 4) is 0 Å².